The molecule has 1 nitrogen and oxygen atoms in total. The van der Waals surface area contributed by atoms with Crippen LogP contribution in [0.15, 0.2) is 104 Å². The Labute approximate surface area is 166 Å². The van der Waals surface area contributed by atoms with E-state index in [4.69, 9.17) is 0 Å². The number of allylic oxidation sites excluding steroid dienone is 1. The summed E-state index contributed by atoms with van der Waals surface area (Å²) >= 11 is 0. The average Bonchev–Trinajstić information content (AvgIpc) is 2.76. The van der Waals surface area contributed by atoms with E-state index < -0.39 is 0 Å². The van der Waals surface area contributed by atoms with Gasteiger partial charge in [0.25, 0.3) is 0 Å². The highest BCUT2D eigenvalue weighted by Gasteiger charge is 2.13. The summed E-state index contributed by atoms with van der Waals surface area (Å²) in [5.41, 5.74) is 5.80. The van der Waals surface area contributed by atoms with E-state index in [0.717, 1.165) is 22.6 Å². The summed E-state index contributed by atoms with van der Waals surface area (Å²) in [6.45, 7) is 6.01. The van der Waals surface area contributed by atoms with Gasteiger partial charge in [0.05, 0.1) is 0 Å². The molecule has 0 unspecified atom stereocenters. The van der Waals surface area contributed by atoms with Gasteiger partial charge in [0, 0.05) is 17.1 Å². The molecule has 0 saturated heterocycles. The Bertz CT molecular complexity index is 1090. The standard InChI is InChI=1S/C27H23N/c1-3-11-26-21(4-2)16-17-22-20-25(18-19-27(22)26)28(23-12-7-5-8-13-23)24-14-9-6-10-15-24/h3-20H,2H2,1H3/b11-3-. The maximum Gasteiger partial charge on any atom is 0.0468 e. The number of benzene rings is 4. The lowest BCUT2D eigenvalue weighted by Crippen LogP contribution is -2.09. The summed E-state index contributed by atoms with van der Waals surface area (Å²) in [4.78, 5) is 2.29. The smallest absolute Gasteiger partial charge is 0.0468 e. The van der Waals surface area contributed by atoms with Crippen LogP contribution in [-0.2, 0) is 0 Å². The minimum Gasteiger partial charge on any atom is -0.310 e. The molecule has 0 aromatic heterocycles. The summed E-state index contributed by atoms with van der Waals surface area (Å²) in [5.74, 6) is 0. The van der Waals surface area contributed by atoms with Gasteiger partial charge in [-0.3, -0.25) is 0 Å². The summed E-state index contributed by atoms with van der Waals surface area (Å²) in [5, 5.41) is 2.45. The number of hydrogen-bond donors (Lipinski definition) is 0. The quantitative estimate of drug-likeness (QED) is 0.348. The molecule has 0 atom stereocenters. The number of anilines is 3. The van der Waals surface area contributed by atoms with Crippen LogP contribution < -0.4 is 4.90 Å². The first kappa shape index (κ1) is 17.8. The molecule has 0 spiro atoms. The lowest BCUT2D eigenvalue weighted by Gasteiger charge is -2.26. The molecule has 28 heavy (non-hydrogen) atoms. The first-order valence-corrected chi connectivity index (χ1v) is 9.54. The number of hydrogen-bond acceptors (Lipinski definition) is 1. The van der Waals surface area contributed by atoms with Crippen molar-refractivity contribution in [3.63, 3.8) is 0 Å². The van der Waals surface area contributed by atoms with Crippen LogP contribution >= 0.6 is 0 Å². The second-order valence-electron chi connectivity index (χ2n) is 6.68. The fourth-order valence-electron chi connectivity index (χ4n) is 3.63. The number of fused-ring (bicyclic) bond motifs is 1. The van der Waals surface area contributed by atoms with E-state index in [1.807, 2.05) is 25.1 Å². The Morgan fingerprint density at radius 1 is 0.714 bits per heavy atom. The molecule has 136 valence electrons. The Morgan fingerprint density at radius 2 is 1.36 bits per heavy atom. The summed E-state index contributed by atoms with van der Waals surface area (Å²) in [6, 6.07) is 32.0. The Kier molecular flexibility index (Phi) is 5.07. The lowest BCUT2D eigenvalue weighted by atomic mass is 9.97. The van der Waals surface area contributed by atoms with Gasteiger partial charge in [-0.25, -0.2) is 0 Å². The second-order valence-corrected chi connectivity index (χ2v) is 6.68. The monoisotopic (exact) mass is 361 g/mol. The molecule has 0 N–H and O–H groups in total. The molecule has 0 fully saturated rings. The molecular weight excluding hydrogens is 338 g/mol. The first-order chi connectivity index (χ1) is 13.8. The summed E-state index contributed by atoms with van der Waals surface area (Å²) in [6.07, 6.45) is 6.16. The normalized spacial score (nSPS) is 11.0. The minimum absolute atomic E-state index is 1.14. The van der Waals surface area contributed by atoms with Crippen LogP contribution in [0.25, 0.3) is 22.9 Å². The Morgan fingerprint density at radius 3 is 1.93 bits per heavy atom. The third kappa shape index (κ3) is 3.35. The highest BCUT2D eigenvalue weighted by Crippen LogP contribution is 2.36. The Hall–Kier alpha value is -3.58. The summed E-state index contributed by atoms with van der Waals surface area (Å²) < 4.78 is 0. The first-order valence-electron chi connectivity index (χ1n) is 9.54. The van der Waals surface area contributed by atoms with Crippen LogP contribution in [-0.4, -0.2) is 0 Å². The zero-order chi connectivity index (χ0) is 19.3. The SMILES string of the molecule is C=Cc1ccc2cc(N(c3ccccc3)c3ccccc3)ccc2c1/C=C\C. The zero-order valence-electron chi connectivity index (χ0n) is 16.0. The van der Waals surface area contributed by atoms with Gasteiger partial charge < -0.3 is 4.90 Å². The van der Waals surface area contributed by atoms with E-state index in [1.54, 1.807) is 0 Å². The molecule has 0 amide bonds. The topological polar surface area (TPSA) is 3.24 Å². The summed E-state index contributed by atoms with van der Waals surface area (Å²) in [7, 11) is 0. The van der Waals surface area contributed by atoms with Crippen molar-refractivity contribution in [2.24, 2.45) is 0 Å². The van der Waals surface area contributed by atoms with Gasteiger partial charge in [-0.2, -0.15) is 0 Å². The van der Waals surface area contributed by atoms with E-state index >= 15 is 0 Å². The third-order valence-corrected chi connectivity index (χ3v) is 4.92. The molecule has 4 rings (SSSR count). The van der Waals surface area contributed by atoms with Gasteiger partial charge in [0.2, 0.25) is 0 Å². The van der Waals surface area contributed by atoms with E-state index in [-0.39, 0.29) is 0 Å². The largest absolute Gasteiger partial charge is 0.310 e. The van der Waals surface area contributed by atoms with Crippen LogP contribution in [0, 0.1) is 0 Å². The van der Waals surface area contributed by atoms with Gasteiger partial charge >= 0.3 is 0 Å². The van der Waals surface area contributed by atoms with E-state index in [2.05, 4.69) is 102 Å². The number of para-hydroxylation sites is 2. The zero-order valence-corrected chi connectivity index (χ0v) is 16.0. The molecule has 1 heteroatoms. The van der Waals surface area contributed by atoms with Crippen LogP contribution in [0.5, 0.6) is 0 Å². The molecule has 0 saturated carbocycles. The van der Waals surface area contributed by atoms with Crippen LogP contribution in [0.3, 0.4) is 0 Å². The fraction of sp³-hybridized carbons (Fsp3) is 0.0370. The minimum atomic E-state index is 1.14. The maximum atomic E-state index is 3.96. The van der Waals surface area contributed by atoms with Gasteiger partial charge in [-0.1, -0.05) is 79.4 Å². The molecule has 0 aliphatic heterocycles. The van der Waals surface area contributed by atoms with Crippen molar-refractivity contribution in [1.29, 1.82) is 0 Å². The van der Waals surface area contributed by atoms with Crippen molar-refractivity contribution in [2.45, 2.75) is 6.92 Å². The van der Waals surface area contributed by atoms with Crippen LogP contribution in [0.2, 0.25) is 0 Å². The van der Waals surface area contributed by atoms with E-state index in [0.29, 0.717) is 0 Å². The molecule has 0 radical (unpaired) electrons. The maximum absolute atomic E-state index is 3.96. The van der Waals surface area contributed by atoms with Gasteiger partial charge in [0.15, 0.2) is 0 Å². The third-order valence-electron chi connectivity index (χ3n) is 4.92. The lowest BCUT2D eigenvalue weighted by molar-refractivity contribution is 1.29. The fourth-order valence-corrected chi connectivity index (χ4v) is 3.63. The molecule has 0 aliphatic carbocycles. The molecule has 4 aromatic rings. The molecule has 0 heterocycles. The van der Waals surface area contributed by atoms with E-state index in [1.165, 1.54) is 16.3 Å². The van der Waals surface area contributed by atoms with E-state index in [9.17, 15) is 0 Å². The second kappa shape index (κ2) is 7.98. The van der Waals surface area contributed by atoms with Crippen molar-refractivity contribution in [3.05, 3.63) is 115 Å². The highest BCUT2D eigenvalue weighted by atomic mass is 15.1. The number of rotatable bonds is 5. The van der Waals surface area contributed by atoms with Crippen LogP contribution in [0.1, 0.15) is 18.1 Å². The predicted octanol–water partition coefficient (Wildman–Crippen LogP) is 7.99. The Balaban J connectivity index is 1.91. The predicted molar refractivity (Wildman–Crippen MR) is 123 cm³/mol. The van der Waals surface area contributed by atoms with Gasteiger partial charge in [-0.05, 0) is 65.2 Å². The van der Waals surface area contributed by atoms with Crippen molar-refractivity contribution >= 4 is 40.0 Å². The van der Waals surface area contributed by atoms with Crippen molar-refractivity contribution in [3.8, 4) is 0 Å². The van der Waals surface area contributed by atoms with Crippen molar-refractivity contribution < 1.29 is 0 Å². The van der Waals surface area contributed by atoms with Gasteiger partial charge in [-0.15, -0.1) is 0 Å². The average molecular weight is 361 g/mol. The molecule has 0 bridgehead atoms. The molecule has 4 aromatic carbocycles. The van der Waals surface area contributed by atoms with Crippen molar-refractivity contribution in [1.82, 2.24) is 0 Å². The van der Waals surface area contributed by atoms with Crippen LogP contribution in [0.4, 0.5) is 17.1 Å². The highest BCUT2D eigenvalue weighted by molar-refractivity contribution is 5.97. The molecule has 0 aliphatic rings. The van der Waals surface area contributed by atoms with Gasteiger partial charge in [0.1, 0.15) is 0 Å². The molecular formula is C27H23N. The van der Waals surface area contributed by atoms with Crippen molar-refractivity contribution in [2.75, 3.05) is 4.90 Å². The number of nitrogens with zero attached hydrogens (tertiary/aromatic N) is 1.